The number of carbonyl (C=O) groups excluding carboxylic acids is 1. The molecule has 0 bridgehead atoms. The standard InChI is InChI=1S/C15H29N3O/c1-17(14-7-3-2-4-8-14)15(19)12-18-9-5-6-13(10-16)11-18/h13-14H,2-12,16H2,1H3. The van der Waals surface area contributed by atoms with Crippen molar-refractivity contribution in [2.75, 3.05) is 33.2 Å². The first kappa shape index (κ1) is 14.8. The van der Waals surface area contributed by atoms with Crippen LogP contribution >= 0.6 is 0 Å². The highest BCUT2D eigenvalue weighted by atomic mass is 16.2. The molecule has 4 heteroatoms. The summed E-state index contributed by atoms with van der Waals surface area (Å²) in [6.45, 7) is 3.40. The van der Waals surface area contributed by atoms with Crippen LogP contribution < -0.4 is 5.73 Å². The van der Waals surface area contributed by atoms with Gasteiger partial charge in [0.2, 0.25) is 5.91 Å². The van der Waals surface area contributed by atoms with E-state index in [4.69, 9.17) is 5.73 Å². The Labute approximate surface area is 117 Å². The van der Waals surface area contributed by atoms with Gasteiger partial charge in [-0.25, -0.2) is 0 Å². The summed E-state index contributed by atoms with van der Waals surface area (Å²) in [6.07, 6.45) is 8.68. The van der Waals surface area contributed by atoms with Crippen LogP contribution in [0.5, 0.6) is 0 Å². The van der Waals surface area contributed by atoms with Crippen molar-refractivity contribution in [1.82, 2.24) is 9.80 Å². The number of hydrogen-bond acceptors (Lipinski definition) is 3. The van der Waals surface area contributed by atoms with Gasteiger partial charge in [-0.2, -0.15) is 0 Å². The van der Waals surface area contributed by atoms with Crippen molar-refractivity contribution >= 4 is 5.91 Å². The minimum Gasteiger partial charge on any atom is -0.342 e. The van der Waals surface area contributed by atoms with Gasteiger partial charge in [-0.05, 0) is 44.7 Å². The molecule has 1 saturated heterocycles. The summed E-state index contributed by atoms with van der Waals surface area (Å²) in [6, 6.07) is 0.483. The number of carbonyl (C=O) groups is 1. The maximum absolute atomic E-state index is 12.4. The van der Waals surface area contributed by atoms with Crippen molar-refractivity contribution in [3.63, 3.8) is 0 Å². The average Bonchev–Trinajstić information content (AvgIpc) is 2.47. The minimum absolute atomic E-state index is 0.296. The Balaban J connectivity index is 1.79. The minimum atomic E-state index is 0.296. The molecular weight excluding hydrogens is 238 g/mol. The lowest BCUT2D eigenvalue weighted by Crippen LogP contribution is -2.47. The smallest absolute Gasteiger partial charge is 0.236 e. The molecule has 1 aliphatic heterocycles. The van der Waals surface area contributed by atoms with E-state index in [-0.39, 0.29) is 0 Å². The van der Waals surface area contributed by atoms with E-state index in [0.29, 0.717) is 24.4 Å². The highest BCUT2D eigenvalue weighted by Gasteiger charge is 2.25. The SMILES string of the molecule is CN(C(=O)CN1CCCC(CN)C1)C1CCCCC1. The van der Waals surface area contributed by atoms with Gasteiger partial charge in [-0.15, -0.1) is 0 Å². The zero-order valence-corrected chi connectivity index (χ0v) is 12.3. The second-order valence-corrected chi connectivity index (χ2v) is 6.28. The lowest BCUT2D eigenvalue weighted by atomic mass is 9.94. The summed E-state index contributed by atoms with van der Waals surface area (Å²) in [4.78, 5) is 16.7. The van der Waals surface area contributed by atoms with Crippen molar-refractivity contribution in [1.29, 1.82) is 0 Å². The fourth-order valence-electron chi connectivity index (χ4n) is 3.46. The third kappa shape index (κ3) is 4.18. The fraction of sp³-hybridized carbons (Fsp3) is 0.933. The average molecular weight is 267 g/mol. The van der Waals surface area contributed by atoms with Crippen molar-refractivity contribution in [2.24, 2.45) is 11.7 Å². The molecule has 1 unspecified atom stereocenters. The number of likely N-dealkylation sites (tertiary alicyclic amines) is 1. The molecular formula is C15H29N3O. The first-order valence-electron chi connectivity index (χ1n) is 7.88. The second-order valence-electron chi connectivity index (χ2n) is 6.28. The van der Waals surface area contributed by atoms with Crippen LogP contribution in [0.25, 0.3) is 0 Å². The van der Waals surface area contributed by atoms with Crippen LogP contribution in [0, 0.1) is 5.92 Å². The zero-order valence-electron chi connectivity index (χ0n) is 12.3. The lowest BCUT2D eigenvalue weighted by molar-refractivity contribution is -0.134. The van der Waals surface area contributed by atoms with E-state index < -0.39 is 0 Å². The van der Waals surface area contributed by atoms with Gasteiger partial charge in [0.05, 0.1) is 6.54 Å². The Morgan fingerprint density at radius 3 is 2.63 bits per heavy atom. The molecule has 4 nitrogen and oxygen atoms in total. The van der Waals surface area contributed by atoms with Gasteiger partial charge in [0.1, 0.15) is 0 Å². The summed E-state index contributed by atoms with van der Waals surface area (Å²) >= 11 is 0. The second kappa shape index (κ2) is 7.25. The first-order chi connectivity index (χ1) is 9.20. The number of nitrogens with zero attached hydrogens (tertiary/aromatic N) is 2. The van der Waals surface area contributed by atoms with Crippen LogP contribution in [0.15, 0.2) is 0 Å². The number of hydrogen-bond donors (Lipinski definition) is 1. The molecule has 0 radical (unpaired) electrons. The van der Waals surface area contributed by atoms with E-state index in [9.17, 15) is 4.79 Å². The van der Waals surface area contributed by atoms with Crippen molar-refractivity contribution in [3.05, 3.63) is 0 Å². The van der Waals surface area contributed by atoms with Crippen LogP contribution in [-0.4, -0.2) is 55.0 Å². The van der Waals surface area contributed by atoms with Crippen LogP contribution in [0.1, 0.15) is 44.9 Å². The Morgan fingerprint density at radius 2 is 1.95 bits per heavy atom. The summed E-state index contributed by atoms with van der Waals surface area (Å²) in [7, 11) is 1.99. The third-order valence-corrected chi connectivity index (χ3v) is 4.81. The molecule has 1 saturated carbocycles. The normalized spacial score (nSPS) is 26.3. The van der Waals surface area contributed by atoms with Crippen LogP contribution in [-0.2, 0) is 4.79 Å². The summed E-state index contributed by atoms with van der Waals surface area (Å²) in [5.74, 6) is 0.881. The fourth-order valence-corrected chi connectivity index (χ4v) is 3.46. The van der Waals surface area contributed by atoms with Crippen molar-refractivity contribution in [3.8, 4) is 0 Å². The summed E-state index contributed by atoms with van der Waals surface area (Å²) in [5, 5.41) is 0. The van der Waals surface area contributed by atoms with Gasteiger partial charge in [-0.3, -0.25) is 9.69 Å². The molecule has 2 N–H and O–H groups in total. The van der Waals surface area contributed by atoms with E-state index in [1.807, 2.05) is 11.9 Å². The molecule has 1 atom stereocenters. The Bertz CT molecular complexity index is 289. The molecule has 2 aliphatic rings. The molecule has 1 heterocycles. The summed E-state index contributed by atoms with van der Waals surface area (Å²) in [5.41, 5.74) is 5.75. The maximum Gasteiger partial charge on any atom is 0.236 e. The summed E-state index contributed by atoms with van der Waals surface area (Å²) < 4.78 is 0. The van der Waals surface area contributed by atoms with E-state index in [0.717, 1.165) is 19.6 Å². The largest absolute Gasteiger partial charge is 0.342 e. The van der Waals surface area contributed by atoms with E-state index in [1.54, 1.807) is 0 Å². The molecule has 0 aromatic carbocycles. The van der Waals surface area contributed by atoms with E-state index in [2.05, 4.69) is 4.90 Å². The molecule has 19 heavy (non-hydrogen) atoms. The van der Waals surface area contributed by atoms with Crippen molar-refractivity contribution < 1.29 is 4.79 Å². The van der Waals surface area contributed by atoms with E-state index in [1.165, 1.54) is 44.9 Å². The molecule has 0 aromatic heterocycles. The molecule has 1 aliphatic carbocycles. The monoisotopic (exact) mass is 267 g/mol. The number of amides is 1. The highest BCUT2D eigenvalue weighted by molar-refractivity contribution is 5.78. The predicted molar refractivity (Wildman–Crippen MR) is 77.9 cm³/mol. The third-order valence-electron chi connectivity index (χ3n) is 4.81. The van der Waals surface area contributed by atoms with E-state index >= 15 is 0 Å². The predicted octanol–water partition coefficient (Wildman–Crippen LogP) is 1.45. The Morgan fingerprint density at radius 1 is 1.21 bits per heavy atom. The lowest BCUT2D eigenvalue weighted by Gasteiger charge is -2.35. The molecule has 2 fully saturated rings. The molecule has 110 valence electrons. The van der Waals surface area contributed by atoms with Crippen LogP contribution in [0.3, 0.4) is 0 Å². The number of likely N-dealkylation sites (N-methyl/N-ethyl adjacent to an activating group) is 1. The van der Waals surface area contributed by atoms with Gasteiger partial charge in [-0.1, -0.05) is 19.3 Å². The molecule has 1 amide bonds. The van der Waals surface area contributed by atoms with Gasteiger partial charge >= 0.3 is 0 Å². The van der Waals surface area contributed by atoms with Gasteiger partial charge in [0, 0.05) is 19.6 Å². The maximum atomic E-state index is 12.4. The quantitative estimate of drug-likeness (QED) is 0.838. The zero-order chi connectivity index (χ0) is 13.7. The highest BCUT2D eigenvalue weighted by Crippen LogP contribution is 2.22. The molecule has 2 rings (SSSR count). The Hall–Kier alpha value is -0.610. The molecule has 0 aromatic rings. The molecule has 0 spiro atoms. The van der Waals surface area contributed by atoms with Gasteiger partial charge < -0.3 is 10.6 Å². The van der Waals surface area contributed by atoms with Crippen LogP contribution in [0.2, 0.25) is 0 Å². The number of rotatable bonds is 4. The van der Waals surface area contributed by atoms with Crippen molar-refractivity contribution in [2.45, 2.75) is 51.0 Å². The first-order valence-corrected chi connectivity index (χ1v) is 7.88. The Kier molecular flexibility index (Phi) is 5.64. The number of nitrogens with two attached hydrogens (primary N) is 1. The number of piperidine rings is 1. The topological polar surface area (TPSA) is 49.6 Å². The van der Waals surface area contributed by atoms with Gasteiger partial charge in [0.15, 0.2) is 0 Å². The van der Waals surface area contributed by atoms with Crippen LogP contribution in [0.4, 0.5) is 0 Å². The van der Waals surface area contributed by atoms with Gasteiger partial charge in [0.25, 0.3) is 0 Å².